The molecule has 28 heavy (non-hydrogen) atoms. The molecule has 4 N–H and O–H groups in total. The molecule has 7 heteroatoms. The molecule has 3 aromatic rings. The number of carbonyl (C=O) groups excluding carboxylic acids is 1. The van der Waals surface area contributed by atoms with Crippen LogP contribution in [-0.4, -0.2) is 27.3 Å². The number of phenols is 1. The van der Waals surface area contributed by atoms with Gasteiger partial charge in [-0.3, -0.25) is 19.6 Å². The number of hydrogen-bond donors (Lipinski definition) is 4. The third-order valence-electron chi connectivity index (χ3n) is 4.35. The van der Waals surface area contributed by atoms with Crippen molar-refractivity contribution in [1.29, 1.82) is 0 Å². The van der Waals surface area contributed by atoms with E-state index in [1.54, 1.807) is 25.1 Å². The molecule has 0 spiro atoms. The number of anilines is 1. The summed E-state index contributed by atoms with van der Waals surface area (Å²) in [5.41, 5.74) is 2.10. The number of carbonyl (C=O) groups is 1. The fraction of sp³-hybridized carbons (Fsp3) is 0.190. The van der Waals surface area contributed by atoms with E-state index in [-0.39, 0.29) is 29.6 Å². The Morgan fingerprint density at radius 3 is 2.68 bits per heavy atom. The Bertz CT molecular complexity index is 1130. The van der Waals surface area contributed by atoms with Crippen LogP contribution in [0.4, 0.5) is 5.69 Å². The van der Waals surface area contributed by atoms with Crippen LogP contribution in [-0.2, 0) is 11.3 Å². The number of amides is 1. The second kappa shape index (κ2) is 7.96. The summed E-state index contributed by atoms with van der Waals surface area (Å²) in [6.07, 6.45) is 1.82. The molecule has 7 nitrogen and oxygen atoms in total. The molecule has 0 fully saturated rings. The predicted molar refractivity (Wildman–Crippen MR) is 109 cm³/mol. The number of aromatic hydroxyl groups is 2. The second-order valence-electron chi connectivity index (χ2n) is 6.49. The van der Waals surface area contributed by atoms with Crippen molar-refractivity contribution in [3.8, 4) is 11.6 Å². The highest BCUT2D eigenvalue weighted by Gasteiger charge is 2.10. The van der Waals surface area contributed by atoms with E-state index < -0.39 is 0 Å². The average Bonchev–Trinajstić information content (AvgIpc) is 2.66. The van der Waals surface area contributed by atoms with Crippen molar-refractivity contribution < 1.29 is 15.0 Å². The topological polar surface area (TPSA) is 115 Å². The summed E-state index contributed by atoms with van der Waals surface area (Å²) in [6, 6.07) is 10.3. The summed E-state index contributed by atoms with van der Waals surface area (Å²) in [4.78, 5) is 30.2. The molecule has 0 radical (unpaired) electrons. The third kappa shape index (κ3) is 4.03. The lowest BCUT2D eigenvalue weighted by Crippen LogP contribution is -2.09. The highest BCUT2D eigenvalue weighted by Crippen LogP contribution is 2.25. The van der Waals surface area contributed by atoms with Gasteiger partial charge in [0.2, 0.25) is 11.8 Å². The molecule has 3 rings (SSSR count). The lowest BCUT2D eigenvalue weighted by molar-refractivity contribution is -0.115. The van der Waals surface area contributed by atoms with Crippen molar-refractivity contribution in [2.75, 3.05) is 5.32 Å². The fourth-order valence-electron chi connectivity index (χ4n) is 2.84. The van der Waals surface area contributed by atoms with E-state index in [2.05, 4.69) is 15.3 Å². The van der Waals surface area contributed by atoms with Crippen molar-refractivity contribution in [2.24, 2.45) is 4.99 Å². The summed E-state index contributed by atoms with van der Waals surface area (Å²) in [6.45, 7) is 3.88. The zero-order valence-electron chi connectivity index (χ0n) is 15.6. The number of nitrogens with one attached hydrogen (secondary N) is 2. The first-order chi connectivity index (χ1) is 13.4. The predicted octanol–water partition coefficient (Wildman–Crippen LogP) is 3.22. The summed E-state index contributed by atoms with van der Waals surface area (Å²) < 4.78 is 0. The number of nitrogens with zero attached hydrogens (tertiary/aromatic N) is 1. The molecule has 0 saturated heterocycles. The van der Waals surface area contributed by atoms with Crippen molar-refractivity contribution >= 4 is 28.6 Å². The smallest absolute Gasteiger partial charge is 0.258 e. The van der Waals surface area contributed by atoms with Crippen LogP contribution in [0.2, 0.25) is 0 Å². The standard InChI is InChI=1S/C21H21N3O4/c1-3-19(26)23-17-7-5-13(9-18(17)25)10-22-11-16-15-8-12(2)4-6-14(15)20(27)24-21(16)28/h4-9,11,25H,3,10H2,1-2H3,(H,23,26)(H2,24,27,28). The van der Waals surface area contributed by atoms with Crippen LogP contribution >= 0.6 is 0 Å². The van der Waals surface area contributed by atoms with E-state index in [4.69, 9.17) is 0 Å². The highest BCUT2D eigenvalue weighted by molar-refractivity contribution is 6.01. The van der Waals surface area contributed by atoms with Gasteiger partial charge in [-0.2, -0.15) is 0 Å². The first kappa shape index (κ1) is 19.2. The maximum Gasteiger partial charge on any atom is 0.258 e. The van der Waals surface area contributed by atoms with Crippen molar-refractivity contribution in [2.45, 2.75) is 26.8 Å². The average molecular weight is 379 g/mol. The van der Waals surface area contributed by atoms with Gasteiger partial charge in [0.15, 0.2) is 0 Å². The number of fused-ring (bicyclic) bond motifs is 1. The molecule has 0 unspecified atom stereocenters. The SMILES string of the molecule is CCC(=O)Nc1ccc(CN=Cc2c(O)[nH]c(=O)c3ccc(C)cc23)cc1O. The maximum absolute atomic E-state index is 12.0. The number of hydrogen-bond acceptors (Lipinski definition) is 5. The van der Waals surface area contributed by atoms with Crippen LogP contribution in [0.3, 0.4) is 0 Å². The molecule has 1 amide bonds. The highest BCUT2D eigenvalue weighted by atomic mass is 16.3. The zero-order chi connectivity index (χ0) is 20.3. The number of phenolic OH excluding ortho intramolecular Hbond substituents is 1. The normalized spacial score (nSPS) is 11.2. The van der Waals surface area contributed by atoms with E-state index >= 15 is 0 Å². The van der Waals surface area contributed by atoms with Gasteiger partial charge in [0.05, 0.1) is 17.8 Å². The molecule has 1 aromatic heterocycles. The van der Waals surface area contributed by atoms with Gasteiger partial charge in [-0.15, -0.1) is 0 Å². The van der Waals surface area contributed by atoms with E-state index in [9.17, 15) is 19.8 Å². The maximum atomic E-state index is 12.0. The minimum Gasteiger partial charge on any atom is -0.506 e. The minimum atomic E-state index is -0.362. The fourth-order valence-corrected chi connectivity index (χ4v) is 2.84. The molecular weight excluding hydrogens is 358 g/mol. The Morgan fingerprint density at radius 2 is 1.96 bits per heavy atom. The number of aliphatic imine (C=N–C) groups is 1. The van der Waals surface area contributed by atoms with Crippen LogP contribution in [0, 0.1) is 6.92 Å². The van der Waals surface area contributed by atoms with Crippen molar-refractivity contribution in [1.82, 2.24) is 4.98 Å². The first-order valence-corrected chi connectivity index (χ1v) is 8.86. The zero-order valence-corrected chi connectivity index (χ0v) is 15.6. The Labute approximate surface area is 161 Å². The Kier molecular flexibility index (Phi) is 5.44. The van der Waals surface area contributed by atoms with E-state index in [0.29, 0.717) is 28.4 Å². The molecular formula is C21H21N3O4. The lowest BCUT2D eigenvalue weighted by Gasteiger charge is -2.08. The van der Waals surface area contributed by atoms with Gasteiger partial charge in [-0.25, -0.2) is 0 Å². The number of rotatable bonds is 5. The summed E-state index contributed by atoms with van der Waals surface area (Å²) in [7, 11) is 0. The van der Waals surface area contributed by atoms with Crippen LogP contribution in [0.25, 0.3) is 10.8 Å². The van der Waals surface area contributed by atoms with Crippen molar-refractivity contribution in [3.63, 3.8) is 0 Å². The van der Waals surface area contributed by atoms with Gasteiger partial charge in [-0.05, 0) is 30.7 Å². The van der Waals surface area contributed by atoms with Gasteiger partial charge in [0, 0.05) is 23.4 Å². The summed E-state index contributed by atoms with van der Waals surface area (Å²) in [5, 5.41) is 23.9. The molecule has 0 aliphatic rings. The molecule has 2 aromatic carbocycles. The minimum absolute atomic E-state index is 0.0394. The number of H-pyrrole nitrogens is 1. The first-order valence-electron chi connectivity index (χ1n) is 8.86. The lowest BCUT2D eigenvalue weighted by atomic mass is 10.1. The van der Waals surface area contributed by atoms with Gasteiger partial charge in [-0.1, -0.05) is 30.7 Å². The van der Waals surface area contributed by atoms with E-state index in [1.807, 2.05) is 19.1 Å². The molecule has 0 aliphatic heterocycles. The van der Waals surface area contributed by atoms with E-state index in [0.717, 1.165) is 11.1 Å². The molecule has 0 aliphatic carbocycles. The van der Waals surface area contributed by atoms with Crippen molar-refractivity contribution in [3.05, 3.63) is 63.4 Å². The Morgan fingerprint density at radius 1 is 1.18 bits per heavy atom. The largest absolute Gasteiger partial charge is 0.506 e. The van der Waals surface area contributed by atoms with E-state index in [1.165, 1.54) is 12.3 Å². The molecule has 0 atom stereocenters. The number of aryl methyl sites for hydroxylation is 1. The third-order valence-corrected chi connectivity index (χ3v) is 4.35. The number of benzene rings is 2. The number of aromatic amines is 1. The molecule has 0 saturated carbocycles. The van der Waals surface area contributed by atoms with Crippen LogP contribution < -0.4 is 10.9 Å². The van der Waals surface area contributed by atoms with Crippen LogP contribution in [0.1, 0.15) is 30.0 Å². The quantitative estimate of drug-likeness (QED) is 0.402. The van der Waals surface area contributed by atoms with Crippen LogP contribution in [0.5, 0.6) is 11.6 Å². The summed E-state index contributed by atoms with van der Waals surface area (Å²) in [5.74, 6) is -0.466. The van der Waals surface area contributed by atoms with Gasteiger partial charge in [0.25, 0.3) is 5.56 Å². The monoisotopic (exact) mass is 379 g/mol. The molecule has 0 bridgehead atoms. The number of aromatic nitrogens is 1. The van der Waals surface area contributed by atoms with Crippen LogP contribution in [0.15, 0.2) is 46.2 Å². The van der Waals surface area contributed by atoms with Gasteiger partial charge < -0.3 is 15.5 Å². The Balaban J connectivity index is 1.86. The van der Waals surface area contributed by atoms with Gasteiger partial charge in [0.1, 0.15) is 5.75 Å². The number of pyridine rings is 1. The molecule has 144 valence electrons. The summed E-state index contributed by atoms with van der Waals surface area (Å²) >= 11 is 0. The molecule has 1 heterocycles. The Hall–Kier alpha value is -3.61. The second-order valence-corrected chi connectivity index (χ2v) is 6.49. The van der Waals surface area contributed by atoms with Gasteiger partial charge >= 0.3 is 0 Å².